The Balaban J connectivity index is 0.000000413. The van der Waals surface area contributed by atoms with Crippen LogP contribution in [0.4, 0.5) is 0 Å². The molecule has 0 amide bonds. The van der Waals surface area contributed by atoms with Crippen LogP contribution in [0, 0.1) is 0 Å². The van der Waals surface area contributed by atoms with Crippen molar-refractivity contribution >= 4 is 17.9 Å². The van der Waals surface area contributed by atoms with E-state index in [1.54, 1.807) is 6.92 Å². The lowest BCUT2D eigenvalue weighted by molar-refractivity contribution is -0.345. The molecular formula is C14H21NO9-2. The Morgan fingerprint density at radius 3 is 2.21 bits per heavy atom. The number of fused-ring (bicyclic) bond motifs is 1. The van der Waals surface area contributed by atoms with Gasteiger partial charge in [0.15, 0.2) is 5.79 Å². The molecule has 0 aromatic carbocycles. The van der Waals surface area contributed by atoms with Crippen LogP contribution >= 0.6 is 0 Å². The minimum absolute atomic E-state index is 0.0712. The quantitative estimate of drug-likeness (QED) is 0.402. The molecule has 1 saturated heterocycles. The molecule has 10 heteroatoms. The van der Waals surface area contributed by atoms with Gasteiger partial charge in [0.25, 0.3) is 0 Å². The molecule has 0 radical (unpaired) electrons. The van der Waals surface area contributed by atoms with E-state index in [0.29, 0.717) is 13.0 Å². The van der Waals surface area contributed by atoms with E-state index in [0.717, 1.165) is 0 Å². The molecule has 4 atom stereocenters. The molecule has 24 heavy (non-hydrogen) atoms. The first-order valence-electron chi connectivity index (χ1n) is 7.38. The first-order valence-corrected chi connectivity index (χ1v) is 7.38. The number of carbonyl (C=O) groups is 3. The normalized spacial score (nSPS) is 30.0. The monoisotopic (exact) mass is 347 g/mol. The molecule has 1 aliphatic carbocycles. The van der Waals surface area contributed by atoms with Crippen molar-refractivity contribution < 1.29 is 43.5 Å². The largest absolute Gasteiger partial charge is 0.543 e. The summed E-state index contributed by atoms with van der Waals surface area (Å²) in [5.41, 5.74) is 6.00. The molecule has 2 N–H and O–H groups in total. The average molecular weight is 347 g/mol. The Labute approximate surface area is 138 Å². The smallest absolute Gasteiger partial charge is 0.332 e. The Kier molecular flexibility index (Phi) is 7.08. The highest BCUT2D eigenvalue weighted by atomic mass is 16.8. The Morgan fingerprint density at radius 2 is 1.71 bits per heavy atom. The van der Waals surface area contributed by atoms with Crippen molar-refractivity contribution in [3.63, 3.8) is 0 Å². The van der Waals surface area contributed by atoms with Crippen molar-refractivity contribution in [1.29, 1.82) is 0 Å². The Bertz CT molecular complexity index is 467. The van der Waals surface area contributed by atoms with Crippen LogP contribution < -0.4 is 15.9 Å². The van der Waals surface area contributed by atoms with E-state index >= 15 is 0 Å². The number of aliphatic carboxylic acids is 2. The van der Waals surface area contributed by atoms with Gasteiger partial charge in [-0.3, -0.25) is 0 Å². The van der Waals surface area contributed by atoms with Crippen molar-refractivity contribution in [2.45, 2.75) is 57.3 Å². The SMILES string of the molecule is CCOC(=O)COC1CC(N)C2OC(C)(C)OC12.O=C([O-])C(=O)[O-]. The lowest BCUT2D eigenvalue weighted by Gasteiger charge is -2.22. The fourth-order valence-corrected chi connectivity index (χ4v) is 2.51. The highest BCUT2D eigenvalue weighted by molar-refractivity contribution is 6.25. The number of hydrogen-bond donors (Lipinski definition) is 1. The number of rotatable bonds is 4. The molecule has 4 unspecified atom stereocenters. The molecule has 2 aliphatic rings. The van der Waals surface area contributed by atoms with Gasteiger partial charge >= 0.3 is 5.97 Å². The predicted octanol–water partition coefficient (Wildman–Crippen LogP) is -3.33. The zero-order chi connectivity index (χ0) is 18.5. The zero-order valence-corrected chi connectivity index (χ0v) is 13.7. The molecule has 2 fully saturated rings. The summed E-state index contributed by atoms with van der Waals surface area (Å²) in [5, 5.41) is 17.9. The van der Waals surface area contributed by atoms with Crippen molar-refractivity contribution in [1.82, 2.24) is 0 Å². The molecule has 1 aliphatic heterocycles. The van der Waals surface area contributed by atoms with Crippen LogP contribution in [0.25, 0.3) is 0 Å². The van der Waals surface area contributed by atoms with Gasteiger partial charge in [-0.05, 0) is 27.2 Å². The van der Waals surface area contributed by atoms with Gasteiger partial charge in [-0.1, -0.05) is 0 Å². The lowest BCUT2D eigenvalue weighted by atomic mass is 10.2. The van der Waals surface area contributed by atoms with E-state index in [-0.39, 0.29) is 36.9 Å². The third-order valence-corrected chi connectivity index (χ3v) is 3.34. The van der Waals surface area contributed by atoms with E-state index < -0.39 is 17.7 Å². The maximum absolute atomic E-state index is 11.3. The van der Waals surface area contributed by atoms with Crippen LogP contribution in [0.15, 0.2) is 0 Å². The number of ether oxygens (including phenoxy) is 4. The van der Waals surface area contributed by atoms with Gasteiger partial charge in [-0.2, -0.15) is 0 Å². The molecule has 138 valence electrons. The van der Waals surface area contributed by atoms with Crippen LogP contribution in [-0.2, 0) is 33.3 Å². The van der Waals surface area contributed by atoms with E-state index in [4.69, 9.17) is 44.5 Å². The van der Waals surface area contributed by atoms with Gasteiger partial charge in [0.2, 0.25) is 0 Å². The summed E-state index contributed by atoms with van der Waals surface area (Å²) in [6.07, 6.45) is 0.0537. The Morgan fingerprint density at radius 1 is 1.17 bits per heavy atom. The summed E-state index contributed by atoms with van der Waals surface area (Å²) in [4.78, 5) is 29.1. The maximum atomic E-state index is 11.3. The van der Waals surface area contributed by atoms with Gasteiger partial charge in [0.1, 0.15) is 18.8 Å². The summed E-state index contributed by atoms with van der Waals surface area (Å²) in [5.74, 6) is -5.38. The molecule has 2 rings (SSSR count). The number of carboxylic acids is 2. The van der Waals surface area contributed by atoms with Crippen LogP contribution in [0.2, 0.25) is 0 Å². The second-order valence-corrected chi connectivity index (χ2v) is 5.69. The number of nitrogens with two attached hydrogens (primary N) is 1. The van der Waals surface area contributed by atoms with Crippen molar-refractivity contribution in [2.24, 2.45) is 5.73 Å². The standard InChI is InChI=1S/C12H21NO5.C2H2O4/c1-4-15-9(14)6-16-8-5-7(13)10-11(8)18-12(2,3)17-10;3-1(4)2(5)6/h7-8,10-11H,4-6,13H2,1-3H3;(H,3,4)(H,5,6)/p-2. The molecule has 0 aromatic heterocycles. The van der Waals surface area contributed by atoms with Gasteiger partial charge in [-0.25, -0.2) is 4.79 Å². The van der Waals surface area contributed by atoms with Crippen molar-refractivity contribution in [2.75, 3.05) is 13.2 Å². The third-order valence-electron chi connectivity index (χ3n) is 3.34. The van der Waals surface area contributed by atoms with E-state index in [2.05, 4.69) is 0 Å². The summed E-state index contributed by atoms with van der Waals surface area (Å²) >= 11 is 0. The molecule has 0 bridgehead atoms. The van der Waals surface area contributed by atoms with E-state index in [1.807, 2.05) is 13.8 Å². The van der Waals surface area contributed by atoms with Gasteiger partial charge in [0.05, 0.1) is 24.6 Å². The fraction of sp³-hybridized carbons (Fsp3) is 0.786. The second-order valence-electron chi connectivity index (χ2n) is 5.69. The Hall–Kier alpha value is -1.75. The average Bonchev–Trinajstić information content (AvgIpc) is 2.92. The first kappa shape index (κ1) is 20.3. The summed E-state index contributed by atoms with van der Waals surface area (Å²) < 4.78 is 21.8. The van der Waals surface area contributed by atoms with Crippen molar-refractivity contribution in [3.05, 3.63) is 0 Å². The molecule has 0 aromatic rings. The minimum atomic E-state index is -2.19. The second kappa shape index (κ2) is 8.38. The first-order chi connectivity index (χ1) is 11.1. The van der Waals surface area contributed by atoms with E-state index in [1.165, 1.54) is 0 Å². The molecular weight excluding hydrogens is 326 g/mol. The van der Waals surface area contributed by atoms with E-state index in [9.17, 15) is 4.79 Å². The zero-order valence-electron chi connectivity index (χ0n) is 13.7. The molecule has 1 saturated carbocycles. The van der Waals surface area contributed by atoms with Gasteiger partial charge in [-0.15, -0.1) is 0 Å². The van der Waals surface area contributed by atoms with Crippen LogP contribution in [-0.4, -0.2) is 61.3 Å². The van der Waals surface area contributed by atoms with Gasteiger partial charge < -0.3 is 44.5 Å². The lowest BCUT2D eigenvalue weighted by Crippen LogP contribution is -2.42. The number of esters is 1. The highest BCUT2D eigenvalue weighted by Gasteiger charge is 2.53. The van der Waals surface area contributed by atoms with Crippen molar-refractivity contribution in [3.8, 4) is 0 Å². The van der Waals surface area contributed by atoms with Gasteiger partial charge in [0, 0.05) is 6.04 Å². The summed E-state index contributed by atoms with van der Waals surface area (Å²) in [6, 6.07) is -0.121. The summed E-state index contributed by atoms with van der Waals surface area (Å²) in [7, 11) is 0. The summed E-state index contributed by atoms with van der Waals surface area (Å²) in [6.45, 7) is 5.74. The minimum Gasteiger partial charge on any atom is -0.543 e. The number of carboxylic acid groups (broad SMARTS) is 2. The number of hydrogen-bond acceptors (Lipinski definition) is 10. The molecule has 1 heterocycles. The highest BCUT2D eigenvalue weighted by Crippen LogP contribution is 2.38. The molecule has 0 spiro atoms. The number of carbonyl (C=O) groups excluding carboxylic acids is 3. The van der Waals surface area contributed by atoms with Crippen LogP contribution in [0.5, 0.6) is 0 Å². The fourth-order valence-electron chi connectivity index (χ4n) is 2.51. The maximum Gasteiger partial charge on any atom is 0.332 e. The molecule has 10 nitrogen and oxygen atoms in total. The van der Waals surface area contributed by atoms with Crippen LogP contribution in [0.1, 0.15) is 27.2 Å². The topological polar surface area (TPSA) is 160 Å². The van der Waals surface area contributed by atoms with Crippen LogP contribution in [0.3, 0.4) is 0 Å². The predicted molar refractivity (Wildman–Crippen MR) is 72.8 cm³/mol. The third kappa shape index (κ3) is 5.71.